The summed E-state index contributed by atoms with van der Waals surface area (Å²) >= 11 is 0. The third kappa shape index (κ3) is 3.67. The van der Waals surface area contributed by atoms with E-state index in [0.717, 1.165) is 12.8 Å². The Morgan fingerprint density at radius 1 is 1.33 bits per heavy atom. The highest BCUT2D eigenvalue weighted by atomic mass is 16.5. The van der Waals surface area contributed by atoms with Gasteiger partial charge < -0.3 is 19.0 Å². The first kappa shape index (κ1) is 18.9. The monoisotopic (exact) mass is 372 g/mol. The second-order valence-corrected chi connectivity index (χ2v) is 7.03. The molecule has 2 aromatic heterocycles. The number of hydrogen-bond donors (Lipinski definition) is 1. The Bertz CT molecular complexity index is 861. The van der Waals surface area contributed by atoms with Crippen LogP contribution in [0.4, 0.5) is 0 Å². The number of ketones is 1. The van der Waals surface area contributed by atoms with Crippen molar-refractivity contribution >= 4 is 17.7 Å². The number of nitrogens with one attached hydrogen (secondary N) is 1. The van der Waals surface area contributed by atoms with E-state index in [9.17, 15) is 14.4 Å². The zero-order valence-electron chi connectivity index (χ0n) is 16.0. The van der Waals surface area contributed by atoms with Crippen LogP contribution < -0.4 is 0 Å². The molecule has 1 amide bonds. The van der Waals surface area contributed by atoms with Gasteiger partial charge in [-0.2, -0.15) is 0 Å². The molecule has 0 unspecified atom stereocenters. The summed E-state index contributed by atoms with van der Waals surface area (Å²) in [4.78, 5) is 42.5. The van der Waals surface area contributed by atoms with E-state index >= 15 is 0 Å². The van der Waals surface area contributed by atoms with Crippen LogP contribution >= 0.6 is 0 Å². The Morgan fingerprint density at radius 3 is 2.59 bits per heavy atom. The molecule has 0 radical (unpaired) electrons. The summed E-state index contributed by atoms with van der Waals surface area (Å²) in [6.45, 7) is 5.67. The molecule has 7 heteroatoms. The second-order valence-electron chi connectivity index (χ2n) is 7.03. The third-order valence-corrected chi connectivity index (χ3v) is 5.07. The van der Waals surface area contributed by atoms with Gasteiger partial charge in [-0.05, 0) is 57.2 Å². The fraction of sp³-hybridized carbons (Fsp3) is 0.450. The number of nitrogens with zero attached hydrogens (tertiary/aromatic N) is 1. The number of H-pyrrole nitrogens is 1. The van der Waals surface area contributed by atoms with Crippen LogP contribution in [0.3, 0.4) is 0 Å². The van der Waals surface area contributed by atoms with Crippen LogP contribution in [0.25, 0.3) is 0 Å². The number of ether oxygens (including phenoxy) is 1. The number of aryl methyl sites for hydroxylation is 1. The normalized spacial score (nSPS) is 14.7. The van der Waals surface area contributed by atoms with Crippen molar-refractivity contribution in [2.24, 2.45) is 5.92 Å². The summed E-state index contributed by atoms with van der Waals surface area (Å²) in [5, 5.41) is 0. The van der Waals surface area contributed by atoms with E-state index in [2.05, 4.69) is 4.98 Å². The van der Waals surface area contributed by atoms with Crippen LogP contribution in [0.1, 0.15) is 62.4 Å². The van der Waals surface area contributed by atoms with Crippen LogP contribution in [0.15, 0.2) is 22.8 Å². The first-order chi connectivity index (χ1) is 12.8. The van der Waals surface area contributed by atoms with Crippen molar-refractivity contribution < 1.29 is 23.5 Å². The van der Waals surface area contributed by atoms with Crippen molar-refractivity contribution in [1.29, 1.82) is 0 Å². The number of hydrogen-bond acceptors (Lipinski definition) is 5. The van der Waals surface area contributed by atoms with E-state index in [1.807, 2.05) is 0 Å². The minimum absolute atomic E-state index is 0.211. The SMILES string of the molecule is COC(=O)c1[nH]c(C)c(C(=O)[C@H](C)N(CC2CC2)C(=O)c2ccco2)c1C. The number of carbonyl (C=O) groups excluding carboxylic acids is 3. The van der Waals surface area contributed by atoms with Crippen molar-refractivity contribution in [2.45, 2.75) is 39.7 Å². The van der Waals surface area contributed by atoms with E-state index in [1.165, 1.54) is 13.4 Å². The van der Waals surface area contributed by atoms with Gasteiger partial charge in [0.05, 0.1) is 19.4 Å². The average molecular weight is 372 g/mol. The standard InChI is InChI=1S/C20H24N2O5/c1-11-16(12(2)21-17(11)20(25)26-4)18(23)13(3)22(10-14-7-8-14)19(24)15-6-5-9-27-15/h5-6,9,13-14,21H,7-8,10H2,1-4H3/t13-/m0/s1. The maximum atomic E-state index is 13.2. The zero-order valence-corrected chi connectivity index (χ0v) is 16.0. The molecule has 0 spiro atoms. The number of amides is 1. The molecule has 1 aliphatic rings. The Kier molecular flexibility index (Phi) is 5.21. The van der Waals surface area contributed by atoms with E-state index in [-0.39, 0.29) is 23.1 Å². The third-order valence-electron chi connectivity index (χ3n) is 5.07. The zero-order chi connectivity index (χ0) is 19.7. The molecule has 0 aliphatic heterocycles. The first-order valence-corrected chi connectivity index (χ1v) is 9.01. The molecular weight excluding hydrogens is 348 g/mol. The maximum absolute atomic E-state index is 13.2. The number of furan rings is 1. The van der Waals surface area contributed by atoms with Crippen LogP contribution in [-0.2, 0) is 4.74 Å². The minimum atomic E-state index is -0.679. The number of rotatable bonds is 7. The topological polar surface area (TPSA) is 92.6 Å². The summed E-state index contributed by atoms with van der Waals surface area (Å²) in [6.07, 6.45) is 3.55. The number of Topliss-reactive ketones (excluding diaryl/α,β-unsaturated/α-hetero) is 1. The molecule has 27 heavy (non-hydrogen) atoms. The summed E-state index contributed by atoms with van der Waals surface area (Å²) in [7, 11) is 1.29. The Hall–Kier alpha value is -2.83. The molecule has 0 saturated heterocycles. The molecule has 2 heterocycles. The molecule has 0 aromatic carbocycles. The van der Waals surface area contributed by atoms with Gasteiger partial charge in [-0.1, -0.05) is 0 Å². The number of esters is 1. The van der Waals surface area contributed by atoms with Gasteiger partial charge in [0, 0.05) is 17.8 Å². The van der Waals surface area contributed by atoms with Crippen molar-refractivity contribution in [1.82, 2.24) is 9.88 Å². The highest BCUT2D eigenvalue weighted by molar-refractivity contribution is 6.07. The summed E-state index contributed by atoms with van der Waals surface area (Å²) in [5.41, 5.74) is 1.81. The highest BCUT2D eigenvalue weighted by Crippen LogP contribution is 2.32. The predicted molar refractivity (Wildman–Crippen MR) is 97.9 cm³/mol. The second kappa shape index (κ2) is 7.42. The van der Waals surface area contributed by atoms with Gasteiger partial charge in [0.2, 0.25) is 0 Å². The van der Waals surface area contributed by atoms with Crippen molar-refractivity contribution in [2.75, 3.05) is 13.7 Å². The summed E-state index contributed by atoms with van der Waals surface area (Å²) < 4.78 is 10.0. The molecule has 1 fully saturated rings. The van der Waals surface area contributed by atoms with Gasteiger partial charge in [-0.25, -0.2) is 4.79 Å². The largest absolute Gasteiger partial charge is 0.464 e. The van der Waals surface area contributed by atoms with E-state index in [0.29, 0.717) is 29.3 Å². The number of aromatic amines is 1. The molecule has 1 atom stereocenters. The van der Waals surface area contributed by atoms with Gasteiger partial charge in [-0.3, -0.25) is 9.59 Å². The lowest BCUT2D eigenvalue weighted by Gasteiger charge is -2.28. The van der Waals surface area contributed by atoms with Crippen LogP contribution in [0.2, 0.25) is 0 Å². The Balaban J connectivity index is 1.91. The summed E-state index contributed by atoms with van der Waals surface area (Å²) in [5.74, 6) is -0.404. The highest BCUT2D eigenvalue weighted by Gasteiger charge is 2.35. The van der Waals surface area contributed by atoms with Gasteiger partial charge >= 0.3 is 5.97 Å². The Morgan fingerprint density at radius 2 is 2.04 bits per heavy atom. The van der Waals surface area contributed by atoms with Crippen molar-refractivity contribution in [3.63, 3.8) is 0 Å². The number of aromatic nitrogens is 1. The van der Waals surface area contributed by atoms with Gasteiger partial charge in [0.15, 0.2) is 11.5 Å². The van der Waals surface area contributed by atoms with Gasteiger partial charge in [0.1, 0.15) is 5.69 Å². The number of carbonyl (C=O) groups is 3. The van der Waals surface area contributed by atoms with E-state index < -0.39 is 12.0 Å². The Labute approximate surface area is 157 Å². The number of methoxy groups -OCH3 is 1. The molecule has 7 nitrogen and oxygen atoms in total. The molecule has 144 valence electrons. The summed E-state index contributed by atoms with van der Waals surface area (Å²) in [6, 6.07) is 2.57. The molecular formula is C20H24N2O5. The van der Waals surface area contributed by atoms with Gasteiger partial charge in [-0.15, -0.1) is 0 Å². The fourth-order valence-electron chi connectivity index (χ4n) is 3.31. The van der Waals surface area contributed by atoms with Crippen molar-refractivity contribution in [3.05, 3.63) is 46.7 Å². The fourth-order valence-corrected chi connectivity index (χ4v) is 3.31. The van der Waals surface area contributed by atoms with Gasteiger partial charge in [0.25, 0.3) is 5.91 Å². The lowest BCUT2D eigenvalue weighted by atomic mass is 9.99. The maximum Gasteiger partial charge on any atom is 0.354 e. The lowest BCUT2D eigenvalue weighted by molar-refractivity contribution is 0.0587. The molecule has 3 rings (SSSR count). The molecule has 0 bridgehead atoms. The van der Waals surface area contributed by atoms with Crippen LogP contribution in [0, 0.1) is 19.8 Å². The van der Waals surface area contributed by atoms with E-state index in [4.69, 9.17) is 9.15 Å². The first-order valence-electron chi connectivity index (χ1n) is 9.01. The smallest absolute Gasteiger partial charge is 0.354 e. The predicted octanol–water partition coefficient (Wildman–Crippen LogP) is 3.13. The lowest BCUT2D eigenvalue weighted by Crippen LogP contribution is -2.44. The molecule has 2 aromatic rings. The molecule has 1 N–H and O–H groups in total. The van der Waals surface area contributed by atoms with E-state index in [1.54, 1.807) is 37.8 Å². The average Bonchev–Trinajstić information content (AvgIpc) is 3.20. The van der Waals surface area contributed by atoms with Crippen molar-refractivity contribution in [3.8, 4) is 0 Å². The molecule has 1 saturated carbocycles. The minimum Gasteiger partial charge on any atom is -0.464 e. The quantitative estimate of drug-likeness (QED) is 0.595. The van der Waals surface area contributed by atoms with Crippen LogP contribution in [0.5, 0.6) is 0 Å². The van der Waals surface area contributed by atoms with Crippen LogP contribution in [-0.4, -0.2) is 47.2 Å². The molecule has 1 aliphatic carbocycles.